The van der Waals surface area contributed by atoms with Crippen molar-refractivity contribution in [3.8, 4) is 0 Å². The number of carboxylic acid groups (broad SMARTS) is 1. The number of rotatable bonds is 7. The molecule has 31 heavy (non-hydrogen) atoms. The largest absolute Gasteiger partial charge is 0.478 e. The number of hydrogen-bond donors (Lipinski definition) is 3. The van der Waals surface area contributed by atoms with E-state index in [2.05, 4.69) is 12.2 Å². The number of amides is 1. The number of nitrogens with zero attached hydrogens (tertiary/aromatic N) is 1. The van der Waals surface area contributed by atoms with E-state index in [4.69, 9.17) is 5.73 Å². The van der Waals surface area contributed by atoms with Gasteiger partial charge in [-0.2, -0.15) is 0 Å². The molecular formula is C25H29N3O3. The Labute approximate surface area is 182 Å². The van der Waals surface area contributed by atoms with Gasteiger partial charge in [-0.3, -0.25) is 4.79 Å². The van der Waals surface area contributed by atoms with Crippen molar-refractivity contribution in [2.24, 2.45) is 5.73 Å². The fourth-order valence-electron chi connectivity index (χ4n) is 4.89. The van der Waals surface area contributed by atoms with E-state index >= 15 is 0 Å². The third-order valence-electron chi connectivity index (χ3n) is 6.46. The SMILES string of the molecule is CCC1NC2=C(CN(C(=O)C(CCN)c3ccccc3)C2)C1c1ccc(C(=O)O)cc1. The highest BCUT2D eigenvalue weighted by atomic mass is 16.4. The summed E-state index contributed by atoms with van der Waals surface area (Å²) in [5, 5.41) is 12.8. The van der Waals surface area contributed by atoms with Gasteiger partial charge < -0.3 is 21.1 Å². The Balaban J connectivity index is 1.55. The van der Waals surface area contributed by atoms with Gasteiger partial charge in [-0.05, 0) is 48.2 Å². The van der Waals surface area contributed by atoms with Gasteiger partial charge in [0.15, 0.2) is 0 Å². The Kier molecular flexibility index (Phi) is 6.09. The molecule has 2 heterocycles. The summed E-state index contributed by atoms with van der Waals surface area (Å²) in [5.74, 6) is -0.903. The van der Waals surface area contributed by atoms with E-state index < -0.39 is 5.97 Å². The number of carbonyl (C=O) groups excluding carboxylic acids is 1. The van der Waals surface area contributed by atoms with Gasteiger partial charge >= 0.3 is 5.97 Å². The van der Waals surface area contributed by atoms with Crippen LogP contribution in [-0.2, 0) is 4.79 Å². The molecule has 0 saturated carbocycles. The van der Waals surface area contributed by atoms with Crippen LogP contribution in [0.1, 0.15) is 53.1 Å². The third kappa shape index (κ3) is 4.08. The maximum Gasteiger partial charge on any atom is 0.335 e. The van der Waals surface area contributed by atoms with Crippen molar-refractivity contribution in [1.82, 2.24) is 10.2 Å². The van der Waals surface area contributed by atoms with E-state index in [1.54, 1.807) is 12.1 Å². The lowest BCUT2D eigenvalue weighted by atomic mass is 9.85. The molecule has 0 aliphatic carbocycles. The van der Waals surface area contributed by atoms with Crippen LogP contribution in [0.2, 0.25) is 0 Å². The normalized spacial score (nSPS) is 21.0. The Morgan fingerprint density at radius 2 is 1.84 bits per heavy atom. The number of aromatic carboxylic acids is 1. The highest BCUT2D eigenvalue weighted by Crippen LogP contribution is 2.41. The summed E-state index contributed by atoms with van der Waals surface area (Å²) in [5.41, 5.74) is 10.6. The van der Waals surface area contributed by atoms with Gasteiger partial charge in [0.05, 0.1) is 18.0 Å². The molecule has 2 aliphatic rings. The summed E-state index contributed by atoms with van der Waals surface area (Å²) in [4.78, 5) is 26.6. The first-order valence-electron chi connectivity index (χ1n) is 10.9. The molecule has 3 unspecified atom stereocenters. The van der Waals surface area contributed by atoms with Gasteiger partial charge in [0.1, 0.15) is 0 Å². The van der Waals surface area contributed by atoms with E-state index in [-0.39, 0.29) is 29.3 Å². The van der Waals surface area contributed by atoms with Crippen LogP contribution in [0.15, 0.2) is 65.9 Å². The Bertz CT molecular complexity index is 985. The van der Waals surface area contributed by atoms with Gasteiger partial charge in [-0.15, -0.1) is 0 Å². The summed E-state index contributed by atoms with van der Waals surface area (Å²) in [6, 6.07) is 17.2. The monoisotopic (exact) mass is 419 g/mol. The van der Waals surface area contributed by atoms with E-state index in [0.29, 0.717) is 26.1 Å². The van der Waals surface area contributed by atoms with Crippen molar-refractivity contribution in [1.29, 1.82) is 0 Å². The summed E-state index contributed by atoms with van der Waals surface area (Å²) in [6.07, 6.45) is 1.57. The van der Waals surface area contributed by atoms with Gasteiger partial charge in [0.25, 0.3) is 0 Å². The van der Waals surface area contributed by atoms with Crippen LogP contribution in [0.4, 0.5) is 0 Å². The molecule has 4 rings (SSSR count). The minimum absolute atomic E-state index is 0.112. The Hall–Kier alpha value is -3.12. The zero-order valence-electron chi connectivity index (χ0n) is 17.8. The van der Waals surface area contributed by atoms with Crippen LogP contribution in [-0.4, -0.2) is 47.6 Å². The molecule has 0 spiro atoms. The molecule has 6 nitrogen and oxygen atoms in total. The lowest BCUT2D eigenvalue weighted by Crippen LogP contribution is -2.39. The third-order valence-corrected chi connectivity index (χ3v) is 6.46. The van der Waals surface area contributed by atoms with Gasteiger partial charge in [-0.1, -0.05) is 49.4 Å². The first-order chi connectivity index (χ1) is 15.0. The standard InChI is InChI=1S/C25H29N3O3/c1-2-21-23(17-8-10-18(11-9-17)25(30)31)20-14-28(15-22(20)27-21)24(29)19(12-13-26)16-6-4-3-5-7-16/h3-11,19,21,23,27H,2,12-15,26H2,1H3,(H,30,31). The molecule has 1 amide bonds. The van der Waals surface area contributed by atoms with Crippen molar-refractivity contribution < 1.29 is 14.7 Å². The highest BCUT2D eigenvalue weighted by molar-refractivity contribution is 5.87. The predicted octanol–water partition coefficient (Wildman–Crippen LogP) is 3.08. The van der Waals surface area contributed by atoms with Gasteiger partial charge in [-0.25, -0.2) is 4.79 Å². The number of carbonyl (C=O) groups is 2. The van der Waals surface area contributed by atoms with E-state index in [0.717, 1.165) is 23.2 Å². The molecule has 2 aromatic rings. The van der Waals surface area contributed by atoms with Crippen molar-refractivity contribution >= 4 is 11.9 Å². The minimum atomic E-state index is -0.924. The summed E-state index contributed by atoms with van der Waals surface area (Å²) in [7, 11) is 0. The average molecular weight is 420 g/mol. The number of nitrogens with one attached hydrogen (secondary N) is 1. The number of nitrogens with two attached hydrogens (primary N) is 1. The quantitative estimate of drug-likeness (QED) is 0.641. The van der Waals surface area contributed by atoms with Crippen molar-refractivity contribution in [3.63, 3.8) is 0 Å². The Morgan fingerprint density at radius 1 is 1.13 bits per heavy atom. The van der Waals surface area contributed by atoms with Crippen LogP contribution in [0, 0.1) is 0 Å². The number of hydrogen-bond acceptors (Lipinski definition) is 4. The van der Waals surface area contributed by atoms with Crippen molar-refractivity contribution in [2.45, 2.75) is 37.6 Å². The van der Waals surface area contributed by atoms with Crippen LogP contribution >= 0.6 is 0 Å². The number of carboxylic acids is 1. The van der Waals surface area contributed by atoms with Crippen molar-refractivity contribution in [2.75, 3.05) is 19.6 Å². The lowest BCUT2D eigenvalue weighted by Gasteiger charge is -2.29. The second-order valence-corrected chi connectivity index (χ2v) is 8.30. The molecule has 2 aliphatic heterocycles. The lowest BCUT2D eigenvalue weighted by molar-refractivity contribution is -0.131. The van der Waals surface area contributed by atoms with Crippen LogP contribution < -0.4 is 11.1 Å². The fraction of sp³-hybridized carbons (Fsp3) is 0.360. The minimum Gasteiger partial charge on any atom is -0.478 e. The Morgan fingerprint density at radius 3 is 2.45 bits per heavy atom. The van der Waals surface area contributed by atoms with Crippen LogP contribution in [0.25, 0.3) is 0 Å². The van der Waals surface area contributed by atoms with Gasteiger partial charge in [0.2, 0.25) is 5.91 Å². The zero-order chi connectivity index (χ0) is 22.0. The molecule has 0 bridgehead atoms. The van der Waals surface area contributed by atoms with E-state index in [9.17, 15) is 14.7 Å². The second kappa shape index (κ2) is 8.94. The molecule has 3 atom stereocenters. The molecule has 162 valence electrons. The summed E-state index contributed by atoms with van der Waals surface area (Å²) in [6.45, 7) is 3.79. The van der Waals surface area contributed by atoms with Crippen LogP contribution in [0.3, 0.4) is 0 Å². The average Bonchev–Trinajstić information content (AvgIpc) is 3.35. The molecule has 6 heteroatoms. The fourth-order valence-corrected chi connectivity index (χ4v) is 4.89. The maximum absolute atomic E-state index is 13.4. The van der Waals surface area contributed by atoms with E-state index in [1.165, 1.54) is 5.57 Å². The molecular weight excluding hydrogens is 390 g/mol. The van der Waals surface area contributed by atoms with Crippen LogP contribution in [0.5, 0.6) is 0 Å². The van der Waals surface area contributed by atoms with Gasteiger partial charge in [0, 0.05) is 24.2 Å². The predicted molar refractivity (Wildman–Crippen MR) is 120 cm³/mol. The number of benzene rings is 2. The molecule has 4 N–H and O–H groups in total. The molecule has 0 radical (unpaired) electrons. The molecule has 2 aromatic carbocycles. The summed E-state index contributed by atoms with van der Waals surface area (Å²) >= 11 is 0. The first kappa shape index (κ1) is 21.1. The topological polar surface area (TPSA) is 95.7 Å². The maximum atomic E-state index is 13.4. The highest BCUT2D eigenvalue weighted by Gasteiger charge is 2.41. The molecule has 0 saturated heterocycles. The molecule has 0 aromatic heterocycles. The zero-order valence-corrected chi connectivity index (χ0v) is 17.8. The molecule has 0 fully saturated rings. The van der Waals surface area contributed by atoms with Crippen molar-refractivity contribution in [3.05, 3.63) is 82.6 Å². The van der Waals surface area contributed by atoms with E-state index in [1.807, 2.05) is 47.4 Å². The summed E-state index contributed by atoms with van der Waals surface area (Å²) < 4.78 is 0. The smallest absolute Gasteiger partial charge is 0.335 e. The first-order valence-corrected chi connectivity index (χ1v) is 10.9. The second-order valence-electron chi connectivity index (χ2n) is 8.30.